The number of hydrogen-bond acceptors (Lipinski definition) is 7. The summed E-state index contributed by atoms with van der Waals surface area (Å²) in [5, 5.41) is 15.0. The molecular weight excluding hydrogens is 404 g/mol. The van der Waals surface area contributed by atoms with Crippen molar-refractivity contribution in [1.82, 2.24) is 24.1 Å². The minimum atomic E-state index is -1.68. The fourth-order valence-electron chi connectivity index (χ4n) is 2.68. The maximum Gasteiger partial charge on any atom is 0.170 e. The van der Waals surface area contributed by atoms with Crippen molar-refractivity contribution in [3.63, 3.8) is 0 Å². The van der Waals surface area contributed by atoms with Gasteiger partial charge < -0.3 is 5.11 Å². The number of hydrogen-bond donors (Lipinski definition) is 1. The summed E-state index contributed by atoms with van der Waals surface area (Å²) >= 11 is 2.51. The Morgan fingerprint density at radius 3 is 2.89 bits per heavy atom. The summed E-state index contributed by atoms with van der Waals surface area (Å²) in [5.41, 5.74) is -1.69. The van der Waals surface area contributed by atoms with Crippen molar-refractivity contribution in [1.29, 1.82) is 0 Å². The first-order chi connectivity index (χ1) is 13.4. The highest BCUT2D eigenvalue weighted by atomic mass is 32.2. The lowest BCUT2D eigenvalue weighted by atomic mass is 9.90. The standard InChI is InChI=1S/C18H19F2N5OS2/c1-3-4-5-16-23-17(28-24-16)27-12(2)18(26,9-25-11-21-10-22-25)14-7-6-13(19)8-15(14)20/h3-4,6-8,10-12,26H,5,9H2,1-2H3/t12-,18-/m1/s1. The lowest BCUT2D eigenvalue weighted by molar-refractivity contribution is 0.0133. The second kappa shape index (κ2) is 8.89. The van der Waals surface area contributed by atoms with Crippen molar-refractivity contribution >= 4 is 23.3 Å². The van der Waals surface area contributed by atoms with Gasteiger partial charge in [0.05, 0.1) is 6.54 Å². The highest BCUT2D eigenvalue weighted by molar-refractivity contribution is 8.01. The summed E-state index contributed by atoms with van der Waals surface area (Å²) in [6.45, 7) is 3.64. The molecule has 0 spiro atoms. The second-order valence-corrected chi connectivity index (χ2v) is 8.49. The van der Waals surface area contributed by atoms with Crippen LogP contribution in [-0.4, -0.2) is 34.5 Å². The Labute approximate surface area is 169 Å². The van der Waals surface area contributed by atoms with E-state index >= 15 is 0 Å². The van der Waals surface area contributed by atoms with Crippen LogP contribution in [0.2, 0.25) is 0 Å². The van der Waals surface area contributed by atoms with Gasteiger partial charge in [-0.2, -0.15) is 9.47 Å². The molecule has 0 radical (unpaired) electrons. The molecule has 0 aliphatic rings. The van der Waals surface area contributed by atoms with E-state index in [1.807, 2.05) is 19.1 Å². The van der Waals surface area contributed by atoms with E-state index in [1.165, 1.54) is 46.7 Å². The van der Waals surface area contributed by atoms with Gasteiger partial charge >= 0.3 is 0 Å². The van der Waals surface area contributed by atoms with Crippen LogP contribution < -0.4 is 0 Å². The Morgan fingerprint density at radius 2 is 2.21 bits per heavy atom. The van der Waals surface area contributed by atoms with Crippen LogP contribution >= 0.6 is 23.3 Å². The van der Waals surface area contributed by atoms with E-state index in [1.54, 1.807) is 6.92 Å². The van der Waals surface area contributed by atoms with E-state index in [0.717, 1.165) is 12.1 Å². The van der Waals surface area contributed by atoms with E-state index in [0.29, 0.717) is 16.6 Å². The van der Waals surface area contributed by atoms with Crippen LogP contribution in [0, 0.1) is 11.6 Å². The van der Waals surface area contributed by atoms with Gasteiger partial charge in [0.25, 0.3) is 0 Å². The fourth-order valence-corrected chi connectivity index (χ4v) is 4.69. The monoisotopic (exact) mass is 423 g/mol. The van der Waals surface area contributed by atoms with Gasteiger partial charge in [-0.3, -0.25) is 0 Å². The van der Waals surface area contributed by atoms with Gasteiger partial charge in [0.2, 0.25) is 0 Å². The first-order valence-corrected chi connectivity index (χ1v) is 10.2. The second-order valence-electron chi connectivity index (χ2n) is 6.15. The summed E-state index contributed by atoms with van der Waals surface area (Å²) in [6, 6.07) is 3.15. The lowest BCUT2D eigenvalue weighted by Gasteiger charge is -2.33. The third kappa shape index (κ3) is 4.62. The molecule has 2 atom stereocenters. The van der Waals surface area contributed by atoms with Crippen LogP contribution in [0.3, 0.4) is 0 Å². The van der Waals surface area contributed by atoms with Gasteiger partial charge in [-0.1, -0.05) is 30.0 Å². The molecule has 10 heteroatoms. The molecule has 3 aromatic rings. The molecule has 0 aliphatic heterocycles. The molecule has 0 amide bonds. The van der Waals surface area contributed by atoms with Crippen LogP contribution in [0.1, 0.15) is 25.2 Å². The Hall–Kier alpha value is -2.17. The van der Waals surface area contributed by atoms with Crippen molar-refractivity contribution in [3.8, 4) is 0 Å². The first kappa shape index (κ1) is 20.6. The van der Waals surface area contributed by atoms with Crippen LogP contribution in [0.15, 0.2) is 47.3 Å². The average Bonchev–Trinajstić information content (AvgIpc) is 3.31. The molecule has 0 bridgehead atoms. The molecule has 1 aromatic carbocycles. The molecule has 0 aliphatic carbocycles. The van der Waals surface area contributed by atoms with Gasteiger partial charge in [0, 0.05) is 23.3 Å². The van der Waals surface area contributed by atoms with Crippen molar-refractivity contribution in [2.45, 2.75) is 42.0 Å². The van der Waals surface area contributed by atoms with E-state index < -0.39 is 22.5 Å². The zero-order valence-electron chi connectivity index (χ0n) is 15.3. The zero-order chi connectivity index (χ0) is 20.1. The molecule has 6 nitrogen and oxygen atoms in total. The Bertz CT molecular complexity index is 947. The van der Waals surface area contributed by atoms with Crippen molar-refractivity contribution in [2.24, 2.45) is 0 Å². The number of thioether (sulfide) groups is 1. The smallest absolute Gasteiger partial charge is 0.170 e. The maximum atomic E-state index is 14.5. The molecular formula is C18H19F2N5OS2. The average molecular weight is 424 g/mol. The van der Waals surface area contributed by atoms with Crippen molar-refractivity contribution in [2.75, 3.05) is 0 Å². The summed E-state index contributed by atoms with van der Waals surface area (Å²) < 4.78 is 34.3. The normalized spacial score (nSPS) is 15.0. The molecule has 0 unspecified atom stereocenters. The number of rotatable bonds is 8. The lowest BCUT2D eigenvalue weighted by Crippen LogP contribution is -2.41. The molecule has 0 saturated carbocycles. The van der Waals surface area contributed by atoms with Crippen molar-refractivity contribution in [3.05, 3.63) is 66.0 Å². The molecule has 2 heterocycles. The summed E-state index contributed by atoms with van der Waals surface area (Å²) in [7, 11) is 0. The maximum absolute atomic E-state index is 14.5. The largest absolute Gasteiger partial charge is 0.382 e. The summed E-state index contributed by atoms with van der Waals surface area (Å²) in [4.78, 5) is 8.31. The van der Waals surface area contributed by atoms with E-state index in [-0.39, 0.29) is 12.1 Å². The fraction of sp³-hybridized carbons (Fsp3) is 0.333. The predicted molar refractivity (Wildman–Crippen MR) is 104 cm³/mol. The number of halogens is 2. The van der Waals surface area contributed by atoms with Crippen LogP contribution in [0.25, 0.3) is 0 Å². The molecule has 0 fully saturated rings. The van der Waals surface area contributed by atoms with Crippen LogP contribution in [0.5, 0.6) is 0 Å². The molecule has 28 heavy (non-hydrogen) atoms. The highest BCUT2D eigenvalue weighted by Crippen LogP contribution is 2.39. The van der Waals surface area contributed by atoms with E-state index in [2.05, 4.69) is 19.4 Å². The number of aliphatic hydroxyl groups is 1. The van der Waals surface area contributed by atoms with Crippen molar-refractivity contribution < 1.29 is 13.9 Å². The SMILES string of the molecule is CC=CCc1nsc(S[C@H](C)[C@](O)(Cn2cncn2)c2ccc(F)cc2F)n1. The third-order valence-electron chi connectivity index (χ3n) is 4.20. The Balaban J connectivity index is 1.90. The van der Waals surface area contributed by atoms with Gasteiger partial charge in [0.1, 0.15) is 35.7 Å². The van der Waals surface area contributed by atoms with E-state index in [4.69, 9.17) is 0 Å². The van der Waals surface area contributed by atoms with Gasteiger partial charge in [-0.25, -0.2) is 23.4 Å². The highest BCUT2D eigenvalue weighted by Gasteiger charge is 2.40. The Morgan fingerprint density at radius 1 is 1.39 bits per heavy atom. The molecule has 2 aromatic heterocycles. The van der Waals surface area contributed by atoms with Gasteiger partial charge in [-0.05, 0) is 31.4 Å². The molecule has 0 saturated heterocycles. The first-order valence-electron chi connectivity index (χ1n) is 8.53. The number of benzene rings is 1. The number of nitrogens with zero attached hydrogens (tertiary/aromatic N) is 5. The number of allylic oxidation sites excluding steroid dienone is 2. The topological polar surface area (TPSA) is 76.7 Å². The Kier molecular flexibility index (Phi) is 6.53. The minimum absolute atomic E-state index is 0.0111. The third-order valence-corrected chi connectivity index (χ3v) is 6.30. The molecule has 3 rings (SSSR count). The minimum Gasteiger partial charge on any atom is -0.382 e. The van der Waals surface area contributed by atoms with Gasteiger partial charge in [-0.15, -0.1) is 0 Å². The predicted octanol–water partition coefficient (Wildman–Crippen LogP) is 3.60. The molecule has 1 N–H and O–H groups in total. The number of aromatic nitrogens is 5. The summed E-state index contributed by atoms with van der Waals surface area (Å²) in [5.74, 6) is -0.839. The van der Waals surface area contributed by atoms with Crippen LogP contribution in [0.4, 0.5) is 8.78 Å². The van der Waals surface area contributed by atoms with E-state index in [9.17, 15) is 13.9 Å². The zero-order valence-corrected chi connectivity index (χ0v) is 16.9. The summed E-state index contributed by atoms with van der Waals surface area (Å²) in [6.07, 6.45) is 7.26. The van der Waals surface area contributed by atoms with Crippen LogP contribution in [-0.2, 0) is 18.6 Å². The van der Waals surface area contributed by atoms with Gasteiger partial charge in [0.15, 0.2) is 4.34 Å². The quantitative estimate of drug-likeness (QED) is 0.441. The molecule has 148 valence electrons.